The maximum atomic E-state index is 11.8. The molecular weight excluding hydrogens is 266 g/mol. The molecule has 0 saturated carbocycles. The Balaban J connectivity index is 1.40. The molecule has 0 unspecified atom stereocenters. The Bertz CT molecular complexity index is 579. The number of benzene rings is 2. The van der Waals surface area contributed by atoms with Crippen molar-refractivity contribution in [2.45, 2.75) is 12.7 Å². The van der Waals surface area contributed by atoms with Gasteiger partial charge in [0, 0.05) is 0 Å². The summed E-state index contributed by atoms with van der Waals surface area (Å²) in [6.45, 7) is 1.45. The molecular formula is C17H17NO3. The first kappa shape index (κ1) is 13.5. The Morgan fingerprint density at radius 1 is 1.00 bits per heavy atom. The predicted octanol–water partition coefficient (Wildman–Crippen LogP) is 3.09. The Hall–Kier alpha value is -2.49. The minimum Gasteiger partial charge on any atom is -0.487 e. The van der Waals surface area contributed by atoms with E-state index in [2.05, 4.69) is 0 Å². The van der Waals surface area contributed by atoms with E-state index in [0.29, 0.717) is 19.7 Å². The Morgan fingerprint density at radius 2 is 1.62 bits per heavy atom. The summed E-state index contributed by atoms with van der Waals surface area (Å²) in [4.78, 5) is 13.5. The minimum absolute atomic E-state index is 0.0525. The standard InChI is InChI=1S/C17H17NO3/c19-17(20-13-14-7-3-1-4-8-14)18-11-16(12-18)21-15-9-5-2-6-10-15/h1-10,16H,11-13H2. The largest absolute Gasteiger partial charge is 0.487 e. The molecule has 4 nitrogen and oxygen atoms in total. The van der Waals surface area contributed by atoms with Crippen LogP contribution in [-0.4, -0.2) is 30.2 Å². The second kappa shape index (κ2) is 6.31. The number of likely N-dealkylation sites (tertiary alicyclic amines) is 1. The van der Waals surface area contributed by atoms with Gasteiger partial charge >= 0.3 is 6.09 Å². The van der Waals surface area contributed by atoms with Gasteiger partial charge < -0.3 is 14.4 Å². The fourth-order valence-corrected chi connectivity index (χ4v) is 2.16. The number of hydrogen-bond donors (Lipinski definition) is 0. The highest BCUT2D eigenvalue weighted by Crippen LogP contribution is 2.18. The number of carbonyl (C=O) groups excluding carboxylic acids is 1. The van der Waals surface area contributed by atoms with Crippen molar-refractivity contribution in [1.29, 1.82) is 0 Å². The molecule has 1 fully saturated rings. The summed E-state index contributed by atoms with van der Waals surface area (Å²) in [6.07, 6.45) is -0.233. The van der Waals surface area contributed by atoms with Crippen molar-refractivity contribution in [2.24, 2.45) is 0 Å². The molecule has 0 aliphatic carbocycles. The molecule has 1 heterocycles. The van der Waals surface area contributed by atoms with Crippen LogP contribution in [0.2, 0.25) is 0 Å². The predicted molar refractivity (Wildman–Crippen MR) is 79.1 cm³/mol. The van der Waals surface area contributed by atoms with Gasteiger partial charge in [0.15, 0.2) is 0 Å². The second-order valence-electron chi connectivity index (χ2n) is 5.00. The lowest BCUT2D eigenvalue weighted by molar-refractivity contribution is 0.00870. The highest BCUT2D eigenvalue weighted by molar-refractivity contribution is 5.68. The van der Waals surface area contributed by atoms with Gasteiger partial charge in [0.05, 0.1) is 13.1 Å². The van der Waals surface area contributed by atoms with Crippen LogP contribution in [0.1, 0.15) is 5.56 Å². The van der Waals surface area contributed by atoms with Gasteiger partial charge in [-0.2, -0.15) is 0 Å². The van der Waals surface area contributed by atoms with Gasteiger partial charge in [-0.1, -0.05) is 48.5 Å². The average Bonchev–Trinajstić information content (AvgIpc) is 2.50. The SMILES string of the molecule is O=C(OCc1ccccc1)N1CC(Oc2ccccc2)C1. The van der Waals surface area contributed by atoms with E-state index in [1.165, 1.54) is 0 Å². The number of ether oxygens (including phenoxy) is 2. The van der Waals surface area contributed by atoms with E-state index in [4.69, 9.17) is 9.47 Å². The van der Waals surface area contributed by atoms with Crippen LogP contribution < -0.4 is 4.74 Å². The first-order valence-electron chi connectivity index (χ1n) is 6.98. The highest BCUT2D eigenvalue weighted by atomic mass is 16.6. The van der Waals surface area contributed by atoms with Gasteiger partial charge in [-0.3, -0.25) is 0 Å². The molecule has 1 amide bonds. The molecule has 2 aromatic rings. The molecule has 0 spiro atoms. The lowest BCUT2D eigenvalue weighted by Crippen LogP contribution is -2.56. The number of hydrogen-bond acceptors (Lipinski definition) is 3. The molecule has 0 atom stereocenters. The fourth-order valence-electron chi connectivity index (χ4n) is 2.16. The first-order chi connectivity index (χ1) is 10.3. The van der Waals surface area contributed by atoms with Gasteiger partial charge in [-0.25, -0.2) is 4.79 Å². The number of nitrogens with zero attached hydrogens (tertiary/aromatic N) is 1. The maximum absolute atomic E-state index is 11.8. The monoisotopic (exact) mass is 283 g/mol. The molecule has 21 heavy (non-hydrogen) atoms. The lowest BCUT2D eigenvalue weighted by Gasteiger charge is -2.37. The molecule has 1 aliphatic heterocycles. The molecule has 2 aromatic carbocycles. The molecule has 0 radical (unpaired) electrons. The van der Waals surface area contributed by atoms with E-state index in [-0.39, 0.29) is 12.2 Å². The maximum Gasteiger partial charge on any atom is 0.410 e. The molecule has 108 valence electrons. The summed E-state index contributed by atoms with van der Waals surface area (Å²) in [7, 11) is 0. The summed E-state index contributed by atoms with van der Waals surface area (Å²) < 4.78 is 11.0. The van der Waals surface area contributed by atoms with E-state index in [1.807, 2.05) is 60.7 Å². The summed E-state index contributed by atoms with van der Waals surface area (Å²) in [5, 5.41) is 0. The van der Waals surface area contributed by atoms with Crippen LogP contribution in [0.15, 0.2) is 60.7 Å². The Labute approximate surface area is 123 Å². The van der Waals surface area contributed by atoms with Gasteiger partial charge in [-0.05, 0) is 17.7 Å². The third-order valence-corrected chi connectivity index (χ3v) is 3.36. The smallest absolute Gasteiger partial charge is 0.410 e. The van der Waals surface area contributed by atoms with Crippen molar-refractivity contribution in [3.05, 3.63) is 66.2 Å². The van der Waals surface area contributed by atoms with Crippen molar-refractivity contribution in [3.63, 3.8) is 0 Å². The van der Waals surface area contributed by atoms with Gasteiger partial charge in [-0.15, -0.1) is 0 Å². The zero-order valence-corrected chi connectivity index (χ0v) is 11.6. The number of para-hydroxylation sites is 1. The van der Waals surface area contributed by atoms with Crippen LogP contribution in [0.5, 0.6) is 5.75 Å². The van der Waals surface area contributed by atoms with Crippen molar-refractivity contribution in [2.75, 3.05) is 13.1 Å². The molecule has 0 aromatic heterocycles. The Kier molecular flexibility index (Phi) is 4.05. The summed E-state index contributed by atoms with van der Waals surface area (Å²) >= 11 is 0. The van der Waals surface area contributed by atoms with E-state index in [9.17, 15) is 4.79 Å². The van der Waals surface area contributed by atoms with Crippen LogP contribution in [0.25, 0.3) is 0 Å². The molecule has 0 bridgehead atoms. The highest BCUT2D eigenvalue weighted by Gasteiger charge is 2.33. The van der Waals surface area contributed by atoms with Gasteiger partial charge in [0.25, 0.3) is 0 Å². The zero-order valence-electron chi connectivity index (χ0n) is 11.6. The molecule has 4 heteroatoms. The minimum atomic E-state index is -0.285. The third-order valence-electron chi connectivity index (χ3n) is 3.36. The number of carbonyl (C=O) groups is 1. The normalized spacial score (nSPS) is 14.4. The van der Waals surface area contributed by atoms with Crippen LogP contribution in [-0.2, 0) is 11.3 Å². The average molecular weight is 283 g/mol. The topological polar surface area (TPSA) is 38.8 Å². The van der Waals surface area contributed by atoms with E-state index in [1.54, 1.807) is 4.90 Å². The second-order valence-corrected chi connectivity index (χ2v) is 5.00. The van der Waals surface area contributed by atoms with E-state index in [0.717, 1.165) is 11.3 Å². The quantitative estimate of drug-likeness (QED) is 0.865. The Morgan fingerprint density at radius 3 is 2.29 bits per heavy atom. The van der Waals surface area contributed by atoms with Crippen molar-refractivity contribution in [3.8, 4) is 5.75 Å². The van der Waals surface area contributed by atoms with Crippen molar-refractivity contribution < 1.29 is 14.3 Å². The number of rotatable bonds is 4. The zero-order chi connectivity index (χ0) is 14.5. The van der Waals surface area contributed by atoms with Crippen LogP contribution >= 0.6 is 0 Å². The van der Waals surface area contributed by atoms with Crippen molar-refractivity contribution in [1.82, 2.24) is 4.90 Å². The van der Waals surface area contributed by atoms with Crippen molar-refractivity contribution >= 4 is 6.09 Å². The fraction of sp³-hybridized carbons (Fsp3) is 0.235. The van der Waals surface area contributed by atoms with Crippen LogP contribution in [0.3, 0.4) is 0 Å². The van der Waals surface area contributed by atoms with Gasteiger partial charge in [0.1, 0.15) is 18.5 Å². The molecule has 0 N–H and O–H groups in total. The third kappa shape index (κ3) is 3.54. The van der Waals surface area contributed by atoms with E-state index >= 15 is 0 Å². The van der Waals surface area contributed by atoms with Crippen LogP contribution in [0, 0.1) is 0 Å². The van der Waals surface area contributed by atoms with Crippen LogP contribution in [0.4, 0.5) is 4.79 Å². The first-order valence-corrected chi connectivity index (χ1v) is 6.98. The summed E-state index contributed by atoms with van der Waals surface area (Å²) in [5.74, 6) is 0.833. The number of amides is 1. The molecule has 3 rings (SSSR count). The summed E-state index contributed by atoms with van der Waals surface area (Å²) in [5.41, 5.74) is 0.989. The lowest BCUT2D eigenvalue weighted by atomic mass is 10.2. The molecule has 1 saturated heterocycles. The van der Waals surface area contributed by atoms with E-state index < -0.39 is 0 Å². The summed E-state index contributed by atoms with van der Waals surface area (Å²) in [6, 6.07) is 19.3. The molecule has 1 aliphatic rings. The van der Waals surface area contributed by atoms with Gasteiger partial charge in [0.2, 0.25) is 0 Å².